The number of nitrogen functional groups attached to an aromatic ring is 1. The number of rotatable bonds is 9. The van der Waals surface area contributed by atoms with Gasteiger partial charge >= 0.3 is 0 Å². The molecule has 1 aromatic heterocycles. The highest BCUT2D eigenvalue weighted by Gasteiger charge is 2.34. The number of halogens is 1. The number of benzene rings is 1. The van der Waals surface area contributed by atoms with E-state index in [9.17, 15) is 9.00 Å². The van der Waals surface area contributed by atoms with Gasteiger partial charge in [0.25, 0.3) is 5.91 Å². The first kappa shape index (κ1) is 28.7. The number of piperidine rings is 1. The molecule has 2 saturated heterocycles. The molecule has 2 aliphatic rings. The van der Waals surface area contributed by atoms with E-state index in [1.165, 1.54) is 18.4 Å². The van der Waals surface area contributed by atoms with Crippen LogP contribution in [0.15, 0.2) is 24.3 Å². The lowest BCUT2D eigenvalue weighted by Gasteiger charge is -2.47. The Morgan fingerprint density at radius 1 is 1.16 bits per heavy atom. The lowest BCUT2D eigenvalue weighted by molar-refractivity contribution is 0.0610. The summed E-state index contributed by atoms with van der Waals surface area (Å²) in [5.41, 5.74) is 8.31. The molecule has 11 heteroatoms. The van der Waals surface area contributed by atoms with Crippen molar-refractivity contribution in [3.8, 4) is 0 Å². The number of aromatic nitrogens is 2. The Bertz CT molecular complexity index is 1130. The van der Waals surface area contributed by atoms with Crippen LogP contribution in [-0.4, -0.2) is 93.2 Å². The van der Waals surface area contributed by atoms with Gasteiger partial charge in [-0.05, 0) is 57.0 Å². The summed E-state index contributed by atoms with van der Waals surface area (Å²) in [7, 11) is -0.975. The molecule has 0 bridgehead atoms. The minimum absolute atomic E-state index is 0.129. The Labute approximate surface area is 233 Å². The Hall–Kier alpha value is -2.27. The second-order valence-electron chi connectivity index (χ2n) is 10.3. The summed E-state index contributed by atoms with van der Waals surface area (Å²) in [6.45, 7) is 10.3. The van der Waals surface area contributed by atoms with Crippen LogP contribution in [0.5, 0.6) is 0 Å². The number of nitrogens with one attached hydrogen (secondary N) is 1. The first-order valence-corrected chi connectivity index (χ1v) is 15.6. The number of hydrogen-bond acceptors (Lipinski definition) is 8. The van der Waals surface area contributed by atoms with Crippen molar-refractivity contribution in [2.45, 2.75) is 51.7 Å². The highest BCUT2D eigenvalue weighted by atomic mass is 35.5. The molecule has 2 atom stereocenters. The molecular weight excluding hydrogens is 522 g/mol. The van der Waals surface area contributed by atoms with Crippen LogP contribution in [0, 0.1) is 6.92 Å². The van der Waals surface area contributed by atoms with Crippen LogP contribution in [0.1, 0.15) is 47.9 Å². The van der Waals surface area contributed by atoms with Crippen molar-refractivity contribution in [1.82, 2.24) is 25.1 Å². The molecule has 1 aromatic carbocycles. The van der Waals surface area contributed by atoms with E-state index < -0.39 is 10.8 Å². The van der Waals surface area contributed by atoms with E-state index in [-0.39, 0.29) is 17.4 Å². The first-order chi connectivity index (χ1) is 18.2. The maximum absolute atomic E-state index is 12.5. The fraction of sp³-hybridized carbons (Fsp3) is 0.593. The third-order valence-electron chi connectivity index (χ3n) is 7.61. The van der Waals surface area contributed by atoms with Crippen LogP contribution in [0.4, 0.5) is 11.6 Å². The van der Waals surface area contributed by atoms with Gasteiger partial charge in [0.2, 0.25) is 0 Å². The third kappa shape index (κ3) is 7.22. The fourth-order valence-corrected chi connectivity index (χ4v) is 6.06. The maximum Gasteiger partial charge on any atom is 0.273 e. The Balaban J connectivity index is 1.34. The number of amides is 1. The van der Waals surface area contributed by atoms with Gasteiger partial charge in [-0.25, -0.2) is 9.97 Å². The van der Waals surface area contributed by atoms with Gasteiger partial charge in [0.05, 0.1) is 5.69 Å². The number of piperazine rings is 1. The second kappa shape index (κ2) is 13.2. The first-order valence-electron chi connectivity index (χ1n) is 13.4. The number of nitrogens with two attached hydrogens (primary N) is 1. The number of carbonyl (C=O) groups is 1. The van der Waals surface area contributed by atoms with E-state index in [0.717, 1.165) is 56.5 Å². The smallest absolute Gasteiger partial charge is 0.273 e. The second-order valence-corrected chi connectivity index (χ2v) is 12.3. The van der Waals surface area contributed by atoms with E-state index in [1.54, 1.807) is 6.26 Å². The van der Waals surface area contributed by atoms with E-state index in [0.29, 0.717) is 30.1 Å². The highest BCUT2D eigenvalue weighted by molar-refractivity contribution is 7.84. The Morgan fingerprint density at radius 3 is 2.53 bits per heavy atom. The summed E-state index contributed by atoms with van der Waals surface area (Å²) in [5, 5.41) is 3.51. The Kier molecular flexibility index (Phi) is 9.97. The van der Waals surface area contributed by atoms with Crippen LogP contribution >= 0.6 is 11.6 Å². The maximum atomic E-state index is 12.5. The SMILES string of the molecule is CCC1CN(c2nc(N)c(C(=O)NCCS(C)=O)nc2C)CCN1C1CCN(Cc2ccc(Cl)cc2)CC1. The molecular formula is C27H40ClN7O2S. The number of anilines is 2. The van der Waals surface area contributed by atoms with E-state index in [1.807, 2.05) is 19.1 Å². The van der Waals surface area contributed by atoms with Crippen LogP contribution in [0.3, 0.4) is 0 Å². The van der Waals surface area contributed by atoms with Crippen LogP contribution in [0.25, 0.3) is 0 Å². The average molecular weight is 562 g/mol. The van der Waals surface area contributed by atoms with Crippen molar-refractivity contribution in [3.05, 3.63) is 46.2 Å². The normalized spacial score (nSPS) is 20.4. The van der Waals surface area contributed by atoms with Crippen molar-refractivity contribution in [1.29, 1.82) is 0 Å². The molecule has 2 aromatic rings. The monoisotopic (exact) mass is 561 g/mol. The Morgan fingerprint density at radius 2 is 1.87 bits per heavy atom. The predicted octanol–water partition coefficient (Wildman–Crippen LogP) is 2.69. The summed E-state index contributed by atoms with van der Waals surface area (Å²) in [5.74, 6) is 0.892. The van der Waals surface area contributed by atoms with Gasteiger partial charge in [0.1, 0.15) is 0 Å². The molecule has 1 amide bonds. The molecule has 0 saturated carbocycles. The molecule has 0 spiro atoms. The van der Waals surface area contributed by atoms with Gasteiger partial charge in [-0.2, -0.15) is 0 Å². The molecule has 3 heterocycles. The summed E-state index contributed by atoms with van der Waals surface area (Å²) < 4.78 is 11.3. The summed E-state index contributed by atoms with van der Waals surface area (Å²) in [6.07, 6.45) is 5.01. The lowest BCUT2D eigenvalue weighted by Crippen LogP contribution is -2.58. The number of aryl methyl sites for hydroxylation is 1. The molecule has 0 radical (unpaired) electrons. The van der Waals surface area contributed by atoms with Crippen molar-refractivity contribution >= 4 is 39.9 Å². The van der Waals surface area contributed by atoms with Gasteiger partial charge in [0, 0.05) is 72.6 Å². The summed E-state index contributed by atoms with van der Waals surface area (Å²) in [4.78, 5) is 29.1. The molecule has 0 aliphatic carbocycles. The van der Waals surface area contributed by atoms with Gasteiger partial charge in [-0.15, -0.1) is 0 Å². The van der Waals surface area contributed by atoms with E-state index in [4.69, 9.17) is 17.3 Å². The minimum atomic E-state index is -0.975. The topological polar surface area (TPSA) is 108 Å². The molecule has 38 heavy (non-hydrogen) atoms. The molecule has 2 fully saturated rings. The number of hydrogen-bond donors (Lipinski definition) is 2. The molecule has 2 unspecified atom stereocenters. The molecule has 9 nitrogen and oxygen atoms in total. The zero-order chi connectivity index (χ0) is 27.2. The minimum Gasteiger partial charge on any atom is -0.382 e. The van der Waals surface area contributed by atoms with Crippen molar-refractivity contribution in [2.75, 3.05) is 61.9 Å². The third-order valence-corrected chi connectivity index (χ3v) is 8.64. The number of likely N-dealkylation sites (tertiary alicyclic amines) is 1. The number of nitrogens with zero attached hydrogens (tertiary/aromatic N) is 5. The van der Waals surface area contributed by atoms with Crippen molar-refractivity contribution in [3.63, 3.8) is 0 Å². The lowest BCUT2D eigenvalue weighted by atomic mass is 9.97. The standard InChI is InChI=1S/C27H40ClN7O2S/c1-4-22-18-34(26-19(2)31-24(25(29)32-26)27(36)30-11-16-38(3)37)14-15-35(22)23-9-12-33(13-10-23)17-20-5-7-21(28)8-6-20/h5-8,22-23H,4,9-18H2,1-3H3,(H2,29,32)(H,30,36). The van der Waals surface area contributed by atoms with Crippen molar-refractivity contribution < 1.29 is 9.00 Å². The molecule has 2 aliphatic heterocycles. The fourth-order valence-electron chi connectivity index (χ4n) is 5.54. The highest BCUT2D eigenvalue weighted by Crippen LogP contribution is 2.28. The largest absolute Gasteiger partial charge is 0.382 e. The van der Waals surface area contributed by atoms with Crippen molar-refractivity contribution in [2.24, 2.45) is 0 Å². The van der Waals surface area contributed by atoms with E-state index >= 15 is 0 Å². The molecule has 4 rings (SSSR count). The van der Waals surface area contributed by atoms with Gasteiger partial charge in [-0.3, -0.25) is 18.8 Å². The van der Waals surface area contributed by atoms with E-state index in [2.05, 4.69) is 49.0 Å². The molecule has 3 N–H and O–H groups in total. The van der Waals surface area contributed by atoms with Crippen LogP contribution in [0.2, 0.25) is 5.02 Å². The summed E-state index contributed by atoms with van der Waals surface area (Å²) in [6, 6.07) is 9.19. The number of carbonyl (C=O) groups excluding carboxylic acids is 1. The van der Waals surface area contributed by atoms with Crippen LogP contribution in [-0.2, 0) is 17.3 Å². The average Bonchev–Trinajstić information content (AvgIpc) is 2.91. The molecule has 208 valence electrons. The van der Waals surface area contributed by atoms with Gasteiger partial charge < -0.3 is 16.0 Å². The van der Waals surface area contributed by atoms with Gasteiger partial charge in [-0.1, -0.05) is 30.7 Å². The predicted molar refractivity (Wildman–Crippen MR) is 155 cm³/mol. The quantitative estimate of drug-likeness (QED) is 0.481. The van der Waals surface area contributed by atoms with Crippen LogP contribution < -0.4 is 16.0 Å². The summed E-state index contributed by atoms with van der Waals surface area (Å²) >= 11 is 6.04. The zero-order valence-electron chi connectivity index (χ0n) is 22.7. The zero-order valence-corrected chi connectivity index (χ0v) is 24.2. The van der Waals surface area contributed by atoms with Gasteiger partial charge in [0.15, 0.2) is 17.3 Å².